The lowest BCUT2D eigenvalue weighted by Crippen LogP contribution is -1.91. The normalized spacial score (nSPS) is 10.2. The maximum Gasteiger partial charge on any atom is 0.0452 e. The van der Waals surface area contributed by atoms with E-state index in [1.54, 1.807) is 11.8 Å². The van der Waals surface area contributed by atoms with Crippen LogP contribution >= 0.6 is 11.8 Å². The van der Waals surface area contributed by atoms with E-state index < -0.39 is 0 Å². The fraction of sp³-hybridized carbons (Fsp3) is 0.154. The number of anilines is 1. The number of aryl methyl sites for hydroxylation is 1. The third-order valence-electron chi connectivity index (χ3n) is 2.32. The quantitative estimate of drug-likeness (QED) is 0.648. The molecule has 1 aromatic heterocycles. The number of hydrogen-bond acceptors (Lipinski definition) is 3. The molecule has 82 valence electrons. The first kappa shape index (κ1) is 11.0. The number of thioether (sulfide) groups is 1. The van der Waals surface area contributed by atoms with Crippen molar-refractivity contribution < 1.29 is 0 Å². The number of aromatic nitrogens is 1. The van der Waals surface area contributed by atoms with Crippen molar-refractivity contribution in [3.8, 4) is 0 Å². The summed E-state index contributed by atoms with van der Waals surface area (Å²) in [6.07, 6.45) is 4.70. The van der Waals surface area contributed by atoms with Gasteiger partial charge in [0.05, 0.1) is 0 Å². The van der Waals surface area contributed by atoms with E-state index in [9.17, 15) is 0 Å². The molecule has 0 spiro atoms. The van der Waals surface area contributed by atoms with E-state index >= 15 is 0 Å². The smallest absolute Gasteiger partial charge is 0.0452 e. The number of hydrogen-bond donors (Lipinski definition) is 1. The van der Waals surface area contributed by atoms with Gasteiger partial charge in [0.15, 0.2) is 0 Å². The molecule has 0 fully saturated rings. The molecule has 1 aromatic carbocycles. The fourth-order valence-corrected chi connectivity index (χ4v) is 2.41. The fourth-order valence-electron chi connectivity index (χ4n) is 1.44. The van der Waals surface area contributed by atoms with Crippen LogP contribution in [0.3, 0.4) is 0 Å². The zero-order valence-electron chi connectivity index (χ0n) is 8.97. The third-order valence-corrected chi connectivity index (χ3v) is 3.41. The largest absolute Gasteiger partial charge is 0.398 e. The number of nitrogens with two attached hydrogens (primary N) is 1. The monoisotopic (exact) mass is 230 g/mol. The molecular formula is C13H14N2S. The van der Waals surface area contributed by atoms with Gasteiger partial charge in [-0.05, 0) is 36.2 Å². The number of nitrogen functional groups attached to an aromatic ring is 1. The van der Waals surface area contributed by atoms with E-state index in [0.29, 0.717) is 0 Å². The topological polar surface area (TPSA) is 38.9 Å². The minimum absolute atomic E-state index is 0.863. The Morgan fingerprint density at radius 3 is 2.56 bits per heavy atom. The van der Waals surface area contributed by atoms with Gasteiger partial charge in [-0.2, -0.15) is 0 Å². The highest BCUT2D eigenvalue weighted by atomic mass is 32.2. The Morgan fingerprint density at radius 2 is 1.81 bits per heavy atom. The number of nitrogens with zero attached hydrogens (tertiary/aromatic N) is 1. The van der Waals surface area contributed by atoms with Crippen LogP contribution in [-0.2, 0) is 6.42 Å². The zero-order valence-corrected chi connectivity index (χ0v) is 9.78. The molecule has 0 aliphatic rings. The maximum absolute atomic E-state index is 5.87. The van der Waals surface area contributed by atoms with Crippen molar-refractivity contribution >= 4 is 17.4 Å². The number of pyridine rings is 1. The van der Waals surface area contributed by atoms with Crippen LogP contribution in [0, 0.1) is 0 Å². The first-order chi connectivity index (χ1) is 7.86. The molecule has 1 heterocycles. The Bertz CT molecular complexity index is 443. The molecule has 3 heteroatoms. The predicted molar refractivity (Wildman–Crippen MR) is 69.5 cm³/mol. The van der Waals surface area contributed by atoms with Gasteiger partial charge >= 0.3 is 0 Å². The summed E-state index contributed by atoms with van der Waals surface area (Å²) >= 11 is 1.80. The molecule has 0 amide bonds. The summed E-state index contributed by atoms with van der Waals surface area (Å²) in [6, 6.07) is 12.1. The minimum Gasteiger partial charge on any atom is -0.398 e. The van der Waals surface area contributed by atoms with Crippen molar-refractivity contribution in [2.24, 2.45) is 0 Å². The molecule has 0 radical (unpaired) electrons. The second kappa shape index (κ2) is 5.56. The van der Waals surface area contributed by atoms with Crippen LogP contribution in [0.1, 0.15) is 5.56 Å². The number of para-hydroxylation sites is 1. The second-order valence-electron chi connectivity index (χ2n) is 3.49. The van der Waals surface area contributed by atoms with Gasteiger partial charge in [0.2, 0.25) is 0 Å². The lowest BCUT2D eigenvalue weighted by Gasteiger charge is -2.04. The number of benzene rings is 1. The lowest BCUT2D eigenvalue weighted by atomic mass is 10.2. The molecule has 2 aromatic rings. The molecule has 0 saturated heterocycles. The van der Waals surface area contributed by atoms with Gasteiger partial charge in [0.25, 0.3) is 0 Å². The van der Waals surface area contributed by atoms with Crippen LogP contribution < -0.4 is 5.73 Å². The van der Waals surface area contributed by atoms with Gasteiger partial charge in [0, 0.05) is 28.7 Å². The zero-order chi connectivity index (χ0) is 11.2. The Hall–Kier alpha value is -1.48. The standard InChI is InChI=1S/C13H14N2S/c14-12-3-1-2-4-13(12)16-10-7-11-5-8-15-9-6-11/h1-6,8-9H,7,10,14H2. The van der Waals surface area contributed by atoms with Gasteiger partial charge < -0.3 is 5.73 Å². The van der Waals surface area contributed by atoms with Crippen LogP contribution in [0.5, 0.6) is 0 Å². The Labute approximate surface area is 99.9 Å². The Morgan fingerprint density at radius 1 is 1.06 bits per heavy atom. The van der Waals surface area contributed by atoms with Crippen molar-refractivity contribution in [1.82, 2.24) is 4.98 Å². The average Bonchev–Trinajstić information content (AvgIpc) is 2.33. The van der Waals surface area contributed by atoms with E-state index in [2.05, 4.69) is 23.2 Å². The highest BCUT2D eigenvalue weighted by molar-refractivity contribution is 7.99. The summed E-state index contributed by atoms with van der Waals surface area (Å²) < 4.78 is 0. The molecule has 0 unspecified atom stereocenters. The molecule has 16 heavy (non-hydrogen) atoms. The van der Waals surface area contributed by atoms with Crippen LogP contribution in [0.15, 0.2) is 53.7 Å². The van der Waals surface area contributed by atoms with Gasteiger partial charge in [-0.15, -0.1) is 11.8 Å². The number of rotatable bonds is 4. The maximum atomic E-state index is 5.87. The summed E-state index contributed by atoms with van der Waals surface area (Å²) in [4.78, 5) is 5.16. The third kappa shape index (κ3) is 3.00. The summed E-state index contributed by atoms with van der Waals surface area (Å²) in [5.74, 6) is 1.04. The van der Waals surface area contributed by atoms with Crippen molar-refractivity contribution in [2.75, 3.05) is 11.5 Å². The van der Waals surface area contributed by atoms with Gasteiger partial charge in [-0.1, -0.05) is 12.1 Å². The van der Waals surface area contributed by atoms with Crippen LogP contribution in [0.4, 0.5) is 5.69 Å². The minimum atomic E-state index is 0.863. The van der Waals surface area contributed by atoms with Gasteiger partial charge in [-0.3, -0.25) is 4.98 Å². The second-order valence-corrected chi connectivity index (χ2v) is 4.63. The Kier molecular flexibility index (Phi) is 3.83. The summed E-state index contributed by atoms with van der Waals surface area (Å²) in [5.41, 5.74) is 8.05. The van der Waals surface area contributed by atoms with Crippen molar-refractivity contribution in [3.63, 3.8) is 0 Å². The molecule has 0 saturated carbocycles. The molecule has 2 N–H and O–H groups in total. The molecule has 0 atom stereocenters. The van der Waals surface area contributed by atoms with Gasteiger partial charge in [-0.25, -0.2) is 0 Å². The summed E-state index contributed by atoms with van der Waals surface area (Å²) in [7, 11) is 0. The highest BCUT2D eigenvalue weighted by Gasteiger charge is 1.98. The van der Waals surface area contributed by atoms with E-state index in [4.69, 9.17) is 5.73 Å². The van der Waals surface area contributed by atoms with Crippen LogP contribution in [0.2, 0.25) is 0 Å². The first-order valence-corrected chi connectivity index (χ1v) is 6.21. The van der Waals surface area contributed by atoms with Gasteiger partial charge in [0.1, 0.15) is 0 Å². The molecule has 0 aliphatic heterocycles. The molecule has 0 aliphatic carbocycles. The van der Waals surface area contributed by atoms with Crippen LogP contribution in [0.25, 0.3) is 0 Å². The van der Waals surface area contributed by atoms with Crippen molar-refractivity contribution in [1.29, 1.82) is 0 Å². The van der Waals surface area contributed by atoms with E-state index in [1.165, 1.54) is 5.56 Å². The predicted octanol–water partition coefficient (Wildman–Crippen LogP) is 3.00. The summed E-state index contributed by atoms with van der Waals surface area (Å²) in [5, 5.41) is 0. The van der Waals surface area contributed by atoms with E-state index in [1.807, 2.05) is 30.6 Å². The molecule has 2 nitrogen and oxygen atoms in total. The van der Waals surface area contributed by atoms with Crippen molar-refractivity contribution in [2.45, 2.75) is 11.3 Å². The molecular weight excluding hydrogens is 216 g/mol. The first-order valence-electron chi connectivity index (χ1n) is 5.22. The highest BCUT2D eigenvalue weighted by Crippen LogP contribution is 2.24. The lowest BCUT2D eigenvalue weighted by molar-refractivity contribution is 1.13. The van der Waals surface area contributed by atoms with E-state index in [-0.39, 0.29) is 0 Å². The molecule has 2 rings (SSSR count). The summed E-state index contributed by atoms with van der Waals surface area (Å²) in [6.45, 7) is 0. The van der Waals surface area contributed by atoms with Crippen molar-refractivity contribution in [3.05, 3.63) is 54.4 Å². The Balaban J connectivity index is 1.87. The van der Waals surface area contributed by atoms with Crippen LogP contribution in [-0.4, -0.2) is 10.7 Å². The van der Waals surface area contributed by atoms with E-state index in [0.717, 1.165) is 22.8 Å². The molecule has 0 bridgehead atoms. The average molecular weight is 230 g/mol. The SMILES string of the molecule is Nc1ccccc1SCCc1ccncc1.